The van der Waals surface area contributed by atoms with Crippen LogP contribution in [-0.2, 0) is 18.3 Å². The predicted molar refractivity (Wildman–Crippen MR) is 194 cm³/mol. The van der Waals surface area contributed by atoms with E-state index in [0.717, 1.165) is 12.8 Å². The minimum Gasteiger partial charge on any atom is -0.0639 e. The highest BCUT2D eigenvalue weighted by Gasteiger charge is 2.54. The summed E-state index contributed by atoms with van der Waals surface area (Å²) in [5.74, 6) is 0.260. The largest absolute Gasteiger partial charge is 0.0639 e. The molecule has 8 rings (SSSR count). The first-order valence-corrected chi connectivity index (χ1v) is 16.9. The third-order valence-corrected chi connectivity index (χ3v) is 10.7. The first kappa shape index (κ1) is 28.5. The molecule has 0 saturated carbocycles. The van der Waals surface area contributed by atoms with Gasteiger partial charge >= 0.3 is 0 Å². The minimum atomic E-state index is -0.400. The van der Waals surface area contributed by atoms with Crippen molar-refractivity contribution in [3.8, 4) is 22.3 Å². The van der Waals surface area contributed by atoms with Crippen molar-refractivity contribution in [1.82, 2.24) is 0 Å². The summed E-state index contributed by atoms with van der Waals surface area (Å²) in [6.07, 6.45) is 4.49. The second-order valence-electron chi connectivity index (χ2n) is 13.1. The standard InChI is InChI=1S/C46H40/c1-4-32-21-25-39-40-26-22-33(5-2)29-43(40)45(42(39)28-32)46(37-17-11-7-12-18-37,38-19-13-8-14-20-38)44-31(3)27-36-24-23-35(30-41(36)44)34-15-9-6-10-16-34/h6-30,44-45H,4-5H2,1-3H3. The molecule has 0 saturated heterocycles. The highest BCUT2D eigenvalue weighted by atomic mass is 14.6. The summed E-state index contributed by atoms with van der Waals surface area (Å²) in [4.78, 5) is 0. The van der Waals surface area contributed by atoms with Crippen LogP contribution in [0.1, 0.15) is 77.1 Å². The number of fused-ring (bicyclic) bond motifs is 4. The van der Waals surface area contributed by atoms with Crippen LogP contribution in [-0.4, -0.2) is 0 Å². The van der Waals surface area contributed by atoms with Crippen molar-refractivity contribution in [2.24, 2.45) is 0 Å². The first-order valence-electron chi connectivity index (χ1n) is 16.9. The molecule has 224 valence electrons. The van der Waals surface area contributed by atoms with Crippen LogP contribution in [0, 0.1) is 0 Å². The van der Waals surface area contributed by atoms with Crippen LogP contribution in [0.25, 0.3) is 28.3 Å². The summed E-state index contributed by atoms with van der Waals surface area (Å²) >= 11 is 0. The third kappa shape index (κ3) is 4.35. The van der Waals surface area contributed by atoms with Crippen LogP contribution in [0.3, 0.4) is 0 Å². The molecule has 0 N–H and O–H groups in total. The molecule has 0 fully saturated rings. The average molecular weight is 593 g/mol. The summed E-state index contributed by atoms with van der Waals surface area (Å²) in [6, 6.07) is 55.4. The summed E-state index contributed by atoms with van der Waals surface area (Å²) < 4.78 is 0. The van der Waals surface area contributed by atoms with E-state index in [-0.39, 0.29) is 11.8 Å². The van der Waals surface area contributed by atoms with Crippen molar-refractivity contribution in [1.29, 1.82) is 0 Å². The molecule has 0 nitrogen and oxygen atoms in total. The topological polar surface area (TPSA) is 0 Å². The molecule has 2 aliphatic carbocycles. The smallest absolute Gasteiger partial charge is 0.0418 e. The molecule has 1 unspecified atom stereocenters. The van der Waals surface area contributed by atoms with Crippen molar-refractivity contribution in [3.05, 3.63) is 196 Å². The van der Waals surface area contributed by atoms with Gasteiger partial charge in [0.05, 0.1) is 0 Å². The van der Waals surface area contributed by atoms with Gasteiger partial charge in [-0.1, -0.05) is 165 Å². The van der Waals surface area contributed by atoms with Gasteiger partial charge in [0.25, 0.3) is 0 Å². The highest BCUT2D eigenvalue weighted by molar-refractivity contribution is 5.83. The fourth-order valence-electron chi connectivity index (χ4n) is 8.66. The monoisotopic (exact) mass is 592 g/mol. The van der Waals surface area contributed by atoms with E-state index in [0.29, 0.717) is 0 Å². The van der Waals surface area contributed by atoms with E-state index in [4.69, 9.17) is 0 Å². The van der Waals surface area contributed by atoms with E-state index in [1.165, 1.54) is 72.3 Å². The fourth-order valence-corrected chi connectivity index (χ4v) is 8.66. The van der Waals surface area contributed by atoms with Gasteiger partial charge in [0.2, 0.25) is 0 Å². The molecule has 6 aromatic rings. The molecule has 0 amide bonds. The summed E-state index contributed by atoms with van der Waals surface area (Å²) in [7, 11) is 0. The van der Waals surface area contributed by atoms with E-state index in [2.05, 4.69) is 172 Å². The number of aryl methyl sites for hydroxylation is 2. The number of benzene rings is 6. The van der Waals surface area contributed by atoms with Crippen LogP contribution < -0.4 is 0 Å². The summed E-state index contributed by atoms with van der Waals surface area (Å²) in [5, 5.41) is 0. The molecular weight excluding hydrogens is 553 g/mol. The number of allylic oxidation sites excluding steroid dienone is 1. The number of hydrogen-bond acceptors (Lipinski definition) is 0. The van der Waals surface area contributed by atoms with Crippen molar-refractivity contribution < 1.29 is 0 Å². The van der Waals surface area contributed by atoms with E-state index in [9.17, 15) is 0 Å². The van der Waals surface area contributed by atoms with Crippen molar-refractivity contribution in [3.63, 3.8) is 0 Å². The fraction of sp³-hybridized carbons (Fsp3) is 0.174. The Hall–Kier alpha value is -4.94. The van der Waals surface area contributed by atoms with Gasteiger partial charge in [-0.3, -0.25) is 0 Å². The van der Waals surface area contributed by atoms with E-state index < -0.39 is 5.41 Å². The molecule has 0 aromatic heterocycles. The Bertz CT molecular complexity index is 1970. The second kappa shape index (κ2) is 11.5. The molecule has 1 atom stereocenters. The third-order valence-electron chi connectivity index (χ3n) is 10.7. The lowest BCUT2D eigenvalue weighted by Gasteiger charge is -2.47. The van der Waals surface area contributed by atoms with Crippen LogP contribution in [0.4, 0.5) is 0 Å². The highest BCUT2D eigenvalue weighted by Crippen LogP contribution is 2.64. The molecule has 0 aliphatic heterocycles. The molecule has 6 aromatic carbocycles. The van der Waals surface area contributed by atoms with Gasteiger partial charge in [0.15, 0.2) is 0 Å². The molecule has 2 aliphatic rings. The molecule has 0 radical (unpaired) electrons. The molecule has 0 heteroatoms. The first-order chi connectivity index (χ1) is 22.6. The molecule has 46 heavy (non-hydrogen) atoms. The normalized spacial score (nSPS) is 15.3. The Labute approximate surface area is 274 Å². The maximum atomic E-state index is 2.53. The van der Waals surface area contributed by atoms with Gasteiger partial charge in [-0.15, -0.1) is 0 Å². The van der Waals surface area contributed by atoms with Crippen LogP contribution in [0.15, 0.2) is 151 Å². The van der Waals surface area contributed by atoms with Gasteiger partial charge in [-0.25, -0.2) is 0 Å². The predicted octanol–water partition coefficient (Wildman–Crippen LogP) is 11.8. The van der Waals surface area contributed by atoms with E-state index >= 15 is 0 Å². The maximum absolute atomic E-state index is 2.53. The SMILES string of the molecule is CCc1ccc2c(c1)C(C(c1ccccc1)(c1ccccc1)C1C(C)=Cc3ccc(-c4ccccc4)cc31)c1cc(CC)ccc1-2. The van der Waals surface area contributed by atoms with Gasteiger partial charge in [-0.05, 0) is 92.6 Å². The lowest BCUT2D eigenvalue weighted by molar-refractivity contribution is 0.405. The van der Waals surface area contributed by atoms with Gasteiger partial charge < -0.3 is 0 Å². The van der Waals surface area contributed by atoms with Gasteiger partial charge in [0, 0.05) is 17.3 Å². The molecule has 0 heterocycles. The van der Waals surface area contributed by atoms with Crippen LogP contribution >= 0.6 is 0 Å². The quantitative estimate of drug-likeness (QED) is 0.173. The lowest BCUT2D eigenvalue weighted by Crippen LogP contribution is -2.41. The van der Waals surface area contributed by atoms with Crippen molar-refractivity contribution in [2.75, 3.05) is 0 Å². The van der Waals surface area contributed by atoms with Crippen molar-refractivity contribution in [2.45, 2.75) is 50.9 Å². The molecular formula is C46H40. The zero-order valence-electron chi connectivity index (χ0n) is 27.0. The van der Waals surface area contributed by atoms with Gasteiger partial charge in [-0.2, -0.15) is 0 Å². The maximum Gasteiger partial charge on any atom is 0.0418 e. The van der Waals surface area contributed by atoms with Crippen LogP contribution in [0.2, 0.25) is 0 Å². The van der Waals surface area contributed by atoms with Crippen molar-refractivity contribution >= 4 is 6.08 Å². The number of hydrogen-bond donors (Lipinski definition) is 0. The molecule has 0 spiro atoms. The van der Waals surface area contributed by atoms with E-state index in [1.54, 1.807) is 0 Å². The number of rotatable bonds is 7. The Morgan fingerprint density at radius 3 is 1.52 bits per heavy atom. The van der Waals surface area contributed by atoms with E-state index in [1.807, 2.05) is 0 Å². The minimum absolute atomic E-state index is 0.125. The Morgan fingerprint density at radius 2 is 1.00 bits per heavy atom. The van der Waals surface area contributed by atoms with Gasteiger partial charge in [0.1, 0.15) is 0 Å². The Kier molecular flexibility index (Phi) is 7.10. The zero-order chi connectivity index (χ0) is 31.3. The van der Waals surface area contributed by atoms with Crippen LogP contribution in [0.5, 0.6) is 0 Å². The second-order valence-corrected chi connectivity index (χ2v) is 13.1. The zero-order valence-corrected chi connectivity index (χ0v) is 27.0. The Balaban J connectivity index is 1.51. The Morgan fingerprint density at radius 1 is 0.478 bits per heavy atom. The lowest BCUT2D eigenvalue weighted by atomic mass is 9.54. The summed E-state index contributed by atoms with van der Waals surface area (Å²) in [5.41, 5.74) is 17.5. The summed E-state index contributed by atoms with van der Waals surface area (Å²) in [6.45, 7) is 6.93. The average Bonchev–Trinajstić information content (AvgIpc) is 3.63. The molecule has 0 bridgehead atoms.